The van der Waals surface area contributed by atoms with Crippen molar-refractivity contribution in [3.63, 3.8) is 0 Å². The van der Waals surface area contributed by atoms with Crippen molar-refractivity contribution in [1.82, 2.24) is 39.1 Å². The summed E-state index contributed by atoms with van der Waals surface area (Å²) in [5.41, 5.74) is 6.36. The predicted molar refractivity (Wildman–Crippen MR) is 158 cm³/mol. The van der Waals surface area contributed by atoms with E-state index in [1.165, 1.54) is 18.4 Å². The van der Waals surface area contributed by atoms with Gasteiger partial charge in [0.15, 0.2) is 0 Å². The van der Waals surface area contributed by atoms with Gasteiger partial charge in [0, 0.05) is 72.0 Å². The Balaban J connectivity index is 1.16. The van der Waals surface area contributed by atoms with Gasteiger partial charge in [-0.1, -0.05) is 11.3 Å². The SMILES string of the molecule is CCn1ncc2c1CN(C(=O)c1cc(Br)c3c(c1)cc(C1=CCCN(C(=O)CCn4ccnn4)C1)n3CC1CC1)C2. The van der Waals surface area contributed by atoms with Gasteiger partial charge in [-0.3, -0.25) is 19.0 Å². The summed E-state index contributed by atoms with van der Waals surface area (Å²) in [6.07, 6.45) is 11.3. The Hall–Kier alpha value is -3.73. The highest BCUT2D eigenvalue weighted by Gasteiger charge is 2.30. The minimum Gasteiger partial charge on any atom is -0.340 e. The highest BCUT2D eigenvalue weighted by atomic mass is 79.9. The average Bonchev–Trinajstić information content (AvgIpc) is 3.35. The van der Waals surface area contributed by atoms with Crippen LogP contribution in [0.5, 0.6) is 0 Å². The van der Waals surface area contributed by atoms with Gasteiger partial charge in [-0.25, -0.2) is 0 Å². The number of aryl methyl sites for hydroxylation is 2. The third kappa shape index (κ3) is 5.00. The van der Waals surface area contributed by atoms with Gasteiger partial charge < -0.3 is 14.4 Å². The van der Waals surface area contributed by atoms with Gasteiger partial charge in [-0.2, -0.15) is 5.10 Å². The van der Waals surface area contributed by atoms with E-state index in [1.54, 1.807) is 17.1 Å². The lowest BCUT2D eigenvalue weighted by molar-refractivity contribution is -0.131. The van der Waals surface area contributed by atoms with Crippen molar-refractivity contribution >= 4 is 44.2 Å². The third-order valence-corrected chi connectivity index (χ3v) is 9.12. The van der Waals surface area contributed by atoms with Crippen LogP contribution in [-0.4, -0.2) is 64.0 Å². The van der Waals surface area contributed by atoms with Gasteiger partial charge in [0.2, 0.25) is 5.91 Å². The number of fused-ring (bicyclic) bond motifs is 2. The Bertz CT molecular complexity index is 1660. The van der Waals surface area contributed by atoms with E-state index >= 15 is 0 Å². The van der Waals surface area contributed by atoms with Crippen LogP contribution in [0.1, 0.15) is 59.9 Å². The topological polar surface area (TPSA) is 94.1 Å². The molecule has 0 N–H and O–H groups in total. The van der Waals surface area contributed by atoms with Gasteiger partial charge in [-0.15, -0.1) is 5.10 Å². The van der Waals surface area contributed by atoms with Crippen LogP contribution in [0.3, 0.4) is 0 Å². The van der Waals surface area contributed by atoms with Crippen LogP contribution in [0, 0.1) is 5.92 Å². The highest BCUT2D eigenvalue weighted by molar-refractivity contribution is 9.10. The van der Waals surface area contributed by atoms with Crippen LogP contribution >= 0.6 is 15.9 Å². The standard InChI is InChI=1S/C30H33BrN8O2/c1-2-39-27-19-36(18-24(27)15-33-39)30(41)23-12-22-14-26(38(16-20-5-6-20)29(22)25(31)13-23)21-4-3-9-35(17-21)28(40)7-10-37-11-8-32-34-37/h4,8,11-15,20H,2-3,5-7,9-10,16-19H2,1H3. The molecule has 0 unspecified atom stereocenters. The largest absolute Gasteiger partial charge is 0.340 e. The molecule has 0 spiro atoms. The number of benzene rings is 1. The molecule has 7 rings (SSSR count). The fourth-order valence-corrected chi connectivity index (χ4v) is 6.86. The maximum Gasteiger partial charge on any atom is 0.254 e. The molecule has 3 aromatic heterocycles. The molecule has 212 valence electrons. The van der Waals surface area contributed by atoms with E-state index in [-0.39, 0.29) is 11.8 Å². The van der Waals surface area contributed by atoms with Crippen LogP contribution < -0.4 is 0 Å². The van der Waals surface area contributed by atoms with Crippen molar-refractivity contribution in [2.75, 3.05) is 13.1 Å². The number of rotatable bonds is 8. The van der Waals surface area contributed by atoms with Gasteiger partial charge in [0.25, 0.3) is 5.91 Å². The van der Waals surface area contributed by atoms with E-state index in [2.05, 4.69) is 55.0 Å². The summed E-state index contributed by atoms with van der Waals surface area (Å²) in [6.45, 7) is 6.82. The van der Waals surface area contributed by atoms with Crippen molar-refractivity contribution < 1.29 is 9.59 Å². The van der Waals surface area contributed by atoms with Crippen LogP contribution in [0.4, 0.5) is 0 Å². The van der Waals surface area contributed by atoms with Gasteiger partial charge in [-0.05, 0) is 71.8 Å². The second-order valence-corrected chi connectivity index (χ2v) is 12.2. The molecule has 1 aromatic carbocycles. The average molecular weight is 618 g/mol. The minimum absolute atomic E-state index is 0.0315. The lowest BCUT2D eigenvalue weighted by atomic mass is 10.1. The quantitative estimate of drug-likeness (QED) is 0.291. The molecule has 4 aromatic rings. The number of nitrogens with zero attached hydrogens (tertiary/aromatic N) is 8. The van der Waals surface area contributed by atoms with Crippen LogP contribution in [0.25, 0.3) is 16.5 Å². The molecular formula is C30H33BrN8O2. The Kier molecular flexibility index (Phi) is 6.76. The summed E-state index contributed by atoms with van der Waals surface area (Å²) in [6, 6.07) is 6.22. The molecule has 3 aliphatic rings. The second kappa shape index (κ2) is 10.6. The fraction of sp³-hybridized carbons (Fsp3) is 0.433. The zero-order valence-electron chi connectivity index (χ0n) is 23.2. The number of amides is 2. The molecule has 0 atom stereocenters. The molecule has 10 nitrogen and oxygen atoms in total. The second-order valence-electron chi connectivity index (χ2n) is 11.3. The molecule has 11 heteroatoms. The van der Waals surface area contributed by atoms with E-state index in [0.29, 0.717) is 44.1 Å². The van der Waals surface area contributed by atoms with Gasteiger partial charge >= 0.3 is 0 Å². The number of aromatic nitrogens is 6. The summed E-state index contributed by atoms with van der Waals surface area (Å²) in [5.74, 6) is 0.829. The first kappa shape index (κ1) is 26.2. The molecular weight excluding hydrogens is 584 g/mol. The van der Waals surface area contributed by atoms with Crippen molar-refractivity contribution in [2.45, 2.75) is 65.3 Å². The first-order valence-corrected chi connectivity index (χ1v) is 15.2. The van der Waals surface area contributed by atoms with Crippen molar-refractivity contribution in [2.24, 2.45) is 5.92 Å². The number of hydrogen-bond donors (Lipinski definition) is 0. The van der Waals surface area contributed by atoms with E-state index in [1.807, 2.05) is 32.8 Å². The van der Waals surface area contributed by atoms with Gasteiger partial charge in [0.1, 0.15) is 0 Å². The minimum atomic E-state index is 0.0315. The molecule has 0 bridgehead atoms. The summed E-state index contributed by atoms with van der Waals surface area (Å²) < 4.78 is 7.01. The van der Waals surface area contributed by atoms with Crippen molar-refractivity contribution in [3.05, 3.63) is 69.9 Å². The highest BCUT2D eigenvalue weighted by Crippen LogP contribution is 2.38. The summed E-state index contributed by atoms with van der Waals surface area (Å²) >= 11 is 3.84. The van der Waals surface area contributed by atoms with E-state index in [9.17, 15) is 9.59 Å². The molecule has 2 aliphatic heterocycles. The maximum atomic E-state index is 13.7. The normalized spacial score (nSPS) is 16.9. The fourth-order valence-electron chi connectivity index (χ4n) is 6.17. The molecule has 1 fully saturated rings. The molecule has 5 heterocycles. The van der Waals surface area contributed by atoms with Crippen LogP contribution in [-0.2, 0) is 37.5 Å². The summed E-state index contributed by atoms with van der Waals surface area (Å²) in [7, 11) is 0. The Morgan fingerprint density at radius 3 is 2.76 bits per heavy atom. The van der Waals surface area contributed by atoms with Crippen molar-refractivity contribution in [3.8, 4) is 0 Å². The number of carbonyl (C=O) groups is 2. The summed E-state index contributed by atoms with van der Waals surface area (Å²) in [5, 5.41) is 13.3. The van der Waals surface area contributed by atoms with E-state index in [0.717, 1.165) is 58.4 Å². The monoisotopic (exact) mass is 616 g/mol. The van der Waals surface area contributed by atoms with E-state index in [4.69, 9.17) is 0 Å². The Morgan fingerprint density at radius 2 is 1.98 bits per heavy atom. The van der Waals surface area contributed by atoms with Crippen LogP contribution in [0.2, 0.25) is 0 Å². The predicted octanol–water partition coefficient (Wildman–Crippen LogP) is 4.48. The molecule has 0 radical (unpaired) electrons. The molecule has 1 saturated carbocycles. The number of hydrogen-bond acceptors (Lipinski definition) is 5. The lowest BCUT2D eigenvalue weighted by Gasteiger charge is -2.28. The van der Waals surface area contributed by atoms with Crippen molar-refractivity contribution in [1.29, 1.82) is 0 Å². The number of halogens is 1. The lowest BCUT2D eigenvalue weighted by Crippen LogP contribution is -2.36. The molecule has 1 aliphatic carbocycles. The first-order valence-electron chi connectivity index (χ1n) is 14.5. The number of carbonyl (C=O) groups excluding carboxylic acids is 2. The molecule has 0 saturated heterocycles. The zero-order valence-corrected chi connectivity index (χ0v) is 24.8. The van der Waals surface area contributed by atoms with E-state index < -0.39 is 0 Å². The third-order valence-electron chi connectivity index (χ3n) is 8.51. The molecule has 41 heavy (non-hydrogen) atoms. The van der Waals surface area contributed by atoms with Crippen LogP contribution in [0.15, 0.2) is 47.3 Å². The Labute approximate surface area is 246 Å². The zero-order chi connectivity index (χ0) is 28.1. The smallest absolute Gasteiger partial charge is 0.254 e. The molecule has 2 amide bonds. The summed E-state index contributed by atoms with van der Waals surface area (Å²) in [4.78, 5) is 30.6. The maximum absolute atomic E-state index is 13.7. The van der Waals surface area contributed by atoms with Gasteiger partial charge in [0.05, 0.1) is 36.7 Å². The Morgan fingerprint density at radius 1 is 1.10 bits per heavy atom. The first-order chi connectivity index (χ1) is 20.0.